The Morgan fingerprint density at radius 2 is 2.00 bits per heavy atom. The third kappa shape index (κ3) is 2.85. The topological polar surface area (TPSA) is 72.0 Å². The van der Waals surface area contributed by atoms with Crippen LogP contribution < -0.4 is 10.5 Å². The number of benzene rings is 1. The summed E-state index contributed by atoms with van der Waals surface area (Å²) in [5.41, 5.74) is 8.39. The fourth-order valence-corrected chi connectivity index (χ4v) is 2.69. The first-order valence-corrected chi connectivity index (χ1v) is 7.32. The molecule has 0 spiro atoms. The third-order valence-corrected chi connectivity index (χ3v) is 3.91. The monoisotopic (exact) mass is 301 g/mol. The first-order valence-electron chi connectivity index (χ1n) is 6.94. The highest BCUT2D eigenvalue weighted by molar-refractivity contribution is 6.32. The van der Waals surface area contributed by atoms with Crippen LogP contribution in [0.25, 0.3) is 0 Å². The molecule has 2 aromatic rings. The van der Waals surface area contributed by atoms with E-state index in [0.29, 0.717) is 22.2 Å². The second-order valence-electron chi connectivity index (χ2n) is 5.10. The van der Waals surface area contributed by atoms with Crippen molar-refractivity contribution in [2.24, 2.45) is 5.73 Å². The lowest BCUT2D eigenvalue weighted by molar-refractivity contribution is 0.457. The minimum Gasteiger partial charge on any atom is -0.437 e. The molecule has 108 valence electrons. The van der Waals surface area contributed by atoms with Gasteiger partial charge in [0.15, 0.2) is 0 Å². The maximum Gasteiger partial charge on any atom is 0.230 e. The van der Waals surface area contributed by atoms with Crippen LogP contribution >= 0.6 is 11.6 Å². The molecule has 3 N–H and O–H groups in total. The van der Waals surface area contributed by atoms with Crippen LogP contribution in [0.3, 0.4) is 0 Å². The molecule has 0 fully saturated rings. The van der Waals surface area contributed by atoms with Crippen LogP contribution in [0, 0.1) is 5.41 Å². The van der Waals surface area contributed by atoms with Gasteiger partial charge in [0.25, 0.3) is 0 Å². The van der Waals surface area contributed by atoms with Crippen molar-refractivity contribution in [2.75, 3.05) is 0 Å². The van der Waals surface area contributed by atoms with Crippen LogP contribution in [-0.4, -0.2) is 10.8 Å². The van der Waals surface area contributed by atoms with Crippen molar-refractivity contribution in [3.63, 3.8) is 0 Å². The molecular weight excluding hydrogens is 286 g/mol. The molecule has 0 saturated heterocycles. The van der Waals surface area contributed by atoms with Gasteiger partial charge in [-0.15, -0.1) is 0 Å². The Balaban J connectivity index is 2.04. The average molecular weight is 302 g/mol. The lowest BCUT2D eigenvalue weighted by Gasteiger charge is -2.18. The van der Waals surface area contributed by atoms with E-state index >= 15 is 0 Å². The number of aromatic nitrogens is 1. The van der Waals surface area contributed by atoms with Gasteiger partial charge in [-0.25, -0.2) is 4.98 Å². The molecule has 0 unspecified atom stereocenters. The predicted molar refractivity (Wildman–Crippen MR) is 83.4 cm³/mol. The molecule has 1 aromatic heterocycles. The maximum absolute atomic E-state index is 7.74. The van der Waals surface area contributed by atoms with E-state index in [1.54, 1.807) is 12.1 Å². The molecule has 0 aliphatic heterocycles. The van der Waals surface area contributed by atoms with Crippen LogP contribution in [0.15, 0.2) is 30.3 Å². The van der Waals surface area contributed by atoms with Crippen molar-refractivity contribution in [1.29, 1.82) is 5.41 Å². The number of hydrogen-bond acceptors (Lipinski definition) is 3. The van der Waals surface area contributed by atoms with E-state index in [2.05, 4.69) is 4.98 Å². The largest absolute Gasteiger partial charge is 0.437 e. The summed E-state index contributed by atoms with van der Waals surface area (Å²) < 4.78 is 5.80. The number of halogens is 1. The Bertz CT molecular complexity index is 700. The smallest absolute Gasteiger partial charge is 0.230 e. The zero-order chi connectivity index (χ0) is 14.8. The number of nitrogens with zero attached hydrogens (tertiary/aromatic N) is 1. The highest BCUT2D eigenvalue weighted by atomic mass is 35.5. The molecule has 5 heteroatoms. The molecule has 1 heterocycles. The lowest BCUT2D eigenvalue weighted by Crippen LogP contribution is -2.16. The SMILES string of the molecule is N=C(N)c1cc2c(nc1Oc1ccccc1Cl)CCCC2. The maximum atomic E-state index is 7.74. The number of aryl methyl sites for hydroxylation is 2. The Kier molecular flexibility index (Phi) is 3.80. The number of amidine groups is 1. The quantitative estimate of drug-likeness (QED) is 0.671. The lowest BCUT2D eigenvalue weighted by atomic mass is 9.95. The van der Waals surface area contributed by atoms with Crippen LogP contribution in [0.5, 0.6) is 11.6 Å². The number of fused-ring (bicyclic) bond motifs is 1. The van der Waals surface area contributed by atoms with Gasteiger partial charge >= 0.3 is 0 Å². The molecule has 1 aromatic carbocycles. The second-order valence-corrected chi connectivity index (χ2v) is 5.51. The van der Waals surface area contributed by atoms with Crippen molar-refractivity contribution in [3.8, 4) is 11.6 Å². The van der Waals surface area contributed by atoms with E-state index < -0.39 is 0 Å². The summed E-state index contributed by atoms with van der Waals surface area (Å²) >= 11 is 6.11. The average Bonchev–Trinajstić information content (AvgIpc) is 2.48. The van der Waals surface area contributed by atoms with E-state index in [9.17, 15) is 0 Å². The van der Waals surface area contributed by atoms with Gasteiger partial charge in [-0.2, -0.15) is 0 Å². The summed E-state index contributed by atoms with van der Waals surface area (Å²) in [7, 11) is 0. The standard InChI is InChI=1S/C16H16ClN3O/c17-12-6-2-4-8-14(12)21-16-11(15(18)19)9-10-5-1-3-7-13(10)20-16/h2,4,6,8-9H,1,3,5,7H2,(H3,18,19). The zero-order valence-corrected chi connectivity index (χ0v) is 12.3. The highest BCUT2D eigenvalue weighted by Gasteiger charge is 2.18. The van der Waals surface area contributed by atoms with E-state index in [4.69, 9.17) is 27.5 Å². The van der Waals surface area contributed by atoms with Crippen molar-refractivity contribution >= 4 is 17.4 Å². The van der Waals surface area contributed by atoms with Gasteiger partial charge in [0.05, 0.1) is 10.6 Å². The van der Waals surface area contributed by atoms with Gasteiger partial charge in [0.2, 0.25) is 5.88 Å². The molecule has 1 aliphatic rings. The molecular formula is C16H16ClN3O. The molecule has 1 aliphatic carbocycles. The minimum absolute atomic E-state index is 0.0436. The summed E-state index contributed by atoms with van der Waals surface area (Å²) in [6, 6.07) is 9.13. The number of nitrogens with two attached hydrogens (primary N) is 1. The van der Waals surface area contributed by atoms with Gasteiger partial charge in [-0.1, -0.05) is 23.7 Å². The fraction of sp³-hybridized carbons (Fsp3) is 0.250. The number of hydrogen-bond donors (Lipinski definition) is 2. The molecule has 0 atom stereocenters. The van der Waals surface area contributed by atoms with Crippen LogP contribution in [-0.2, 0) is 12.8 Å². The van der Waals surface area contributed by atoms with Gasteiger partial charge < -0.3 is 10.5 Å². The van der Waals surface area contributed by atoms with Gasteiger partial charge in [0.1, 0.15) is 11.6 Å². The fourth-order valence-electron chi connectivity index (χ4n) is 2.52. The Morgan fingerprint density at radius 1 is 1.24 bits per heavy atom. The molecule has 0 radical (unpaired) electrons. The highest BCUT2D eigenvalue weighted by Crippen LogP contribution is 2.32. The molecule has 4 nitrogen and oxygen atoms in total. The normalized spacial score (nSPS) is 13.6. The molecule has 0 saturated carbocycles. The number of rotatable bonds is 3. The van der Waals surface area contributed by atoms with E-state index in [1.807, 2.05) is 18.2 Å². The zero-order valence-electron chi connectivity index (χ0n) is 11.5. The number of pyridine rings is 1. The van der Waals surface area contributed by atoms with Crippen LogP contribution in [0.4, 0.5) is 0 Å². The summed E-state index contributed by atoms with van der Waals surface area (Å²) in [6.07, 6.45) is 4.20. The summed E-state index contributed by atoms with van der Waals surface area (Å²) in [5.74, 6) is 0.833. The van der Waals surface area contributed by atoms with Gasteiger partial charge in [-0.05, 0) is 49.4 Å². The molecule has 21 heavy (non-hydrogen) atoms. The number of nitrogen functional groups attached to an aromatic ring is 1. The van der Waals surface area contributed by atoms with E-state index in [0.717, 1.165) is 36.9 Å². The number of nitrogens with one attached hydrogen (secondary N) is 1. The van der Waals surface area contributed by atoms with Crippen molar-refractivity contribution in [1.82, 2.24) is 4.98 Å². The first kappa shape index (κ1) is 13.9. The van der Waals surface area contributed by atoms with E-state index in [1.165, 1.54) is 0 Å². The molecule has 0 bridgehead atoms. The summed E-state index contributed by atoms with van der Waals surface area (Å²) in [6.45, 7) is 0. The van der Waals surface area contributed by atoms with Crippen molar-refractivity contribution < 1.29 is 4.74 Å². The van der Waals surface area contributed by atoms with Crippen molar-refractivity contribution in [3.05, 3.63) is 52.2 Å². The third-order valence-electron chi connectivity index (χ3n) is 3.60. The molecule has 3 rings (SSSR count). The van der Waals surface area contributed by atoms with Gasteiger partial charge in [-0.3, -0.25) is 5.41 Å². The van der Waals surface area contributed by atoms with Crippen LogP contribution in [0.1, 0.15) is 29.7 Å². The predicted octanol–water partition coefficient (Wildman–Crippen LogP) is 3.69. The second kappa shape index (κ2) is 5.74. The first-order chi connectivity index (χ1) is 10.1. The number of para-hydroxylation sites is 1. The summed E-state index contributed by atoms with van der Waals surface area (Å²) in [5, 5.41) is 8.24. The Hall–Kier alpha value is -2.07. The molecule has 0 amide bonds. The minimum atomic E-state index is -0.0436. The van der Waals surface area contributed by atoms with Crippen LogP contribution in [0.2, 0.25) is 5.02 Å². The van der Waals surface area contributed by atoms with E-state index in [-0.39, 0.29) is 5.84 Å². The Labute approximate surface area is 128 Å². The van der Waals surface area contributed by atoms with Gasteiger partial charge in [0, 0.05) is 5.69 Å². The number of ether oxygens (including phenoxy) is 1. The van der Waals surface area contributed by atoms with Crippen molar-refractivity contribution in [2.45, 2.75) is 25.7 Å². The summed E-state index contributed by atoms with van der Waals surface area (Å²) in [4.78, 5) is 4.57. The Morgan fingerprint density at radius 3 is 2.76 bits per heavy atom.